The number of carbonyl (C=O) groups is 2. The Bertz CT molecular complexity index is 453. The summed E-state index contributed by atoms with van der Waals surface area (Å²) in [6.07, 6.45) is 2.31. The number of rotatable bonds is 7. The zero-order chi connectivity index (χ0) is 15.0. The van der Waals surface area contributed by atoms with E-state index >= 15 is 0 Å². The molecule has 0 fully saturated rings. The molecule has 0 saturated heterocycles. The van der Waals surface area contributed by atoms with Crippen molar-refractivity contribution in [3.8, 4) is 0 Å². The lowest BCUT2D eigenvalue weighted by molar-refractivity contribution is -0.119. The van der Waals surface area contributed by atoms with E-state index in [-0.39, 0.29) is 5.91 Å². The number of hydrogen-bond acceptors (Lipinski definition) is 7. The van der Waals surface area contributed by atoms with Gasteiger partial charge in [-0.1, -0.05) is 48.2 Å². The molecule has 0 bridgehead atoms. The number of nitrogens with zero attached hydrogens (tertiary/aromatic N) is 2. The lowest BCUT2D eigenvalue weighted by Crippen LogP contribution is -2.41. The summed E-state index contributed by atoms with van der Waals surface area (Å²) >= 11 is 4.46. The highest BCUT2D eigenvalue weighted by Gasteiger charge is 2.18. The van der Waals surface area contributed by atoms with E-state index < -0.39 is 11.3 Å². The third kappa shape index (κ3) is 6.10. The van der Waals surface area contributed by atoms with Crippen LogP contribution in [0, 0.1) is 0 Å². The van der Waals surface area contributed by atoms with Crippen LogP contribution in [0.5, 0.6) is 0 Å². The molecule has 3 amide bonds. The summed E-state index contributed by atoms with van der Waals surface area (Å²) in [6.45, 7) is 3.88. The lowest BCUT2D eigenvalue weighted by atomic mass is 10.4. The minimum absolute atomic E-state index is 0.343. The highest BCUT2D eigenvalue weighted by Crippen LogP contribution is 2.31. The summed E-state index contributed by atoms with van der Waals surface area (Å²) in [4.78, 5) is 22.7. The van der Waals surface area contributed by atoms with Crippen molar-refractivity contribution in [1.82, 2.24) is 20.8 Å². The first-order valence-corrected chi connectivity index (χ1v) is 8.90. The van der Waals surface area contributed by atoms with Gasteiger partial charge in [0.2, 0.25) is 5.91 Å². The van der Waals surface area contributed by atoms with Crippen molar-refractivity contribution < 1.29 is 9.59 Å². The van der Waals surface area contributed by atoms with Crippen molar-refractivity contribution in [3.05, 3.63) is 0 Å². The zero-order valence-electron chi connectivity index (χ0n) is 11.6. The summed E-state index contributed by atoms with van der Waals surface area (Å²) < 4.78 is 1.66. The molecule has 1 atom stereocenters. The number of hydrogen-bond donors (Lipinski definition) is 2. The van der Waals surface area contributed by atoms with Gasteiger partial charge in [0, 0.05) is 12.8 Å². The number of carbonyl (C=O) groups excluding carboxylic acids is 2. The van der Waals surface area contributed by atoms with Gasteiger partial charge in [0.1, 0.15) is 0 Å². The Balaban J connectivity index is 2.43. The predicted molar refractivity (Wildman–Crippen MR) is 83.5 cm³/mol. The molecule has 1 aromatic rings. The van der Waals surface area contributed by atoms with Crippen LogP contribution in [0.4, 0.5) is 4.79 Å². The molecule has 0 aromatic carbocycles. The average molecular weight is 334 g/mol. The quantitative estimate of drug-likeness (QED) is 0.588. The third-order valence-corrected chi connectivity index (χ3v) is 5.55. The minimum atomic E-state index is -0.504. The second-order valence-corrected chi connectivity index (χ2v) is 7.77. The predicted octanol–water partition coefficient (Wildman–Crippen LogP) is 2.37. The Labute approximate surface area is 130 Å². The Kier molecular flexibility index (Phi) is 7.93. The molecule has 1 heterocycles. The van der Waals surface area contributed by atoms with Gasteiger partial charge in [0.05, 0.1) is 5.25 Å². The summed E-state index contributed by atoms with van der Waals surface area (Å²) in [6, 6.07) is -0.504. The summed E-state index contributed by atoms with van der Waals surface area (Å²) in [5.74, 6) is 0.687. The van der Waals surface area contributed by atoms with Gasteiger partial charge in [-0.15, -0.1) is 10.2 Å². The molecule has 0 spiro atoms. The van der Waals surface area contributed by atoms with E-state index in [9.17, 15) is 9.59 Å². The fourth-order valence-electron chi connectivity index (χ4n) is 1.09. The van der Waals surface area contributed by atoms with E-state index in [2.05, 4.69) is 27.8 Å². The summed E-state index contributed by atoms with van der Waals surface area (Å²) in [5, 5.41) is 12.3. The molecule has 1 rings (SSSR count). The van der Waals surface area contributed by atoms with Gasteiger partial charge < -0.3 is 5.32 Å². The maximum Gasteiger partial charge on any atom is 0.321 e. The number of aromatic nitrogens is 2. The van der Waals surface area contributed by atoms with Crippen molar-refractivity contribution in [1.29, 1.82) is 0 Å². The molecule has 0 saturated carbocycles. The van der Waals surface area contributed by atoms with E-state index in [0.717, 1.165) is 27.3 Å². The smallest absolute Gasteiger partial charge is 0.321 e. The highest BCUT2D eigenvalue weighted by atomic mass is 32.2. The van der Waals surface area contributed by atoms with Gasteiger partial charge in [-0.25, -0.2) is 4.79 Å². The van der Waals surface area contributed by atoms with E-state index in [4.69, 9.17) is 0 Å². The second-order valence-electron chi connectivity index (χ2n) is 3.86. The van der Waals surface area contributed by atoms with Crippen LogP contribution in [-0.2, 0) is 4.79 Å². The van der Waals surface area contributed by atoms with Crippen molar-refractivity contribution >= 4 is 46.8 Å². The number of nitrogens with one attached hydrogen (secondary N) is 2. The van der Waals surface area contributed by atoms with Crippen LogP contribution in [0.15, 0.2) is 8.68 Å². The normalized spacial score (nSPS) is 11.9. The third-order valence-electron chi connectivity index (χ3n) is 2.22. The van der Waals surface area contributed by atoms with Gasteiger partial charge in [-0.05, 0) is 13.3 Å². The van der Waals surface area contributed by atoms with Crippen LogP contribution in [-0.4, -0.2) is 40.2 Å². The fraction of sp³-hybridized carbons (Fsp3) is 0.636. The minimum Gasteiger partial charge on any atom is -0.341 e. The summed E-state index contributed by atoms with van der Waals surface area (Å²) in [7, 11) is 1.46. The van der Waals surface area contributed by atoms with Gasteiger partial charge in [-0.3, -0.25) is 10.1 Å². The van der Waals surface area contributed by atoms with Crippen LogP contribution in [0.2, 0.25) is 0 Å². The molecule has 0 radical (unpaired) electrons. The molecule has 20 heavy (non-hydrogen) atoms. The number of unbranched alkanes of at least 4 members (excludes halogenated alkanes) is 1. The number of imide groups is 1. The van der Waals surface area contributed by atoms with Gasteiger partial charge in [0.15, 0.2) is 8.68 Å². The fourth-order valence-corrected chi connectivity index (χ4v) is 4.41. The largest absolute Gasteiger partial charge is 0.341 e. The van der Waals surface area contributed by atoms with E-state index in [0.29, 0.717) is 0 Å². The van der Waals surface area contributed by atoms with Gasteiger partial charge in [-0.2, -0.15) is 0 Å². The standard InChI is InChI=1S/C11H18N4O2S3/c1-4-5-6-18-10-14-15-11(20-10)19-7(2)8(16)13-9(17)12-3/h7H,4-6H2,1-3H3,(H2,12,13,16,17). The molecular weight excluding hydrogens is 316 g/mol. The lowest BCUT2D eigenvalue weighted by Gasteiger charge is -2.08. The molecule has 9 heteroatoms. The van der Waals surface area contributed by atoms with Gasteiger partial charge in [0.25, 0.3) is 0 Å². The Morgan fingerprint density at radius 2 is 2.05 bits per heavy atom. The van der Waals surface area contributed by atoms with Crippen molar-refractivity contribution in [2.24, 2.45) is 0 Å². The molecule has 6 nitrogen and oxygen atoms in total. The first kappa shape index (κ1) is 17.3. The SMILES string of the molecule is CCCCSc1nnc(SC(C)C(=O)NC(=O)NC)s1. The van der Waals surface area contributed by atoms with Crippen LogP contribution in [0.3, 0.4) is 0 Å². The first-order valence-electron chi connectivity index (χ1n) is 6.22. The van der Waals surface area contributed by atoms with Crippen LogP contribution in [0.1, 0.15) is 26.7 Å². The van der Waals surface area contributed by atoms with Gasteiger partial charge >= 0.3 is 6.03 Å². The molecule has 0 aliphatic heterocycles. The van der Waals surface area contributed by atoms with Crippen molar-refractivity contribution in [2.45, 2.75) is 40.6 Å². The molecular formula is C11H18N4O2S3. The maximum atomic E-state index is 11.7. The molecule has 0 aliphatic carbocycles. The molecule has 112 valence electrons. The van der Waals surface area contributed by atoms with E-state index in [1.54, 1.807) is 18.7 Å². The number of amides is 3. The maximum absolute atomic E-state index is 11.7. The van der Waals surface area contributed by atoms with Crippen LogP contribution < -0.4 is 10.6 Å². The average Bonchev–Trinajstić information content (AvgIpc) is 2.86. The van der Waals surface area contributed by atoms with Crippen molar-refractivity contribution in [2.75, 3.05) is 12.8 Å². The summed E-state index contributed by atoms with van der Waals surface area (Å²) in [5.41, 5.74) is 0. The van der Waals surface area contributed by atoms with Crippen LogP contribution >= 0.6 is 34.9 Å². The zero-order valence-corrected chi connectivity index (χ0v) is 14.1. The number of urea groups is 1. The molecule has 1 unspecified atom stereocenters. The molecule has 1 aromatic heterocycles. The Morgan fingerprint density at radius 3 is 2.70 bits per heavy atom. The molecule has 2 N–H and O–H groups in total. The topological polar surface area (TPSA) is 84.0 Å². The monoisotopic (exact) mass is 334 g/mol. The van der Waals surface area contributed by atoms with E-state index in [1.165, 1.54) is 30.1 Å². The van der Waals surface area contributed by atoms with Crippen LogP contribution in [0.25, 0.3) is 0 Å². The van der Waals surface area contributed by atoms with Crippen molar-refractivity contribution in [3.63, 3.8) is 0 Å². The van der Waals surface area contributed by atoms with E-state index in [1.807, 2.05) is 0 Å². The highest BCUT2D eigenvalue weighted by molar-refractivity contribution is 8.03. The first-order chi connectivity index (χ1) is 9.56. The molecule has 0 aliphatic rings. The second kappa shape index (κ2) is 9.19. The number of thioether (sulfide) groups is 2. The Morgan fingerprint density at radius 1 is 1.35 bits per heavy atom. The Hall–Kier alpha value is -0.800.